The van der Waals surface area contributed by atoms with Gasteiger partial charge >= 0.3 is 11.9 Å². The van der Waals surface area contributed by atoms with Crippen molar-refractivity contribution >= 4 is 11.9 Å². The van der Waals surface area contributed by atoms with Crippen LogP contribution in [0.3, 0.4) is 0 Å². The van der Waals surface area contributed by atoms with Crippen molar-refractivity contribution in [2.24, 2.45) is 0 Å². The first-order valence-corrected chi connectivity index (χ1v) is 11.4. The molecule has 1 aliphatic rings. The van der Waals surface area contributed by atoms with E-state index in [1.165, 1.54) is 0 Å². The van der Waals surface area contributed by atoms with Gasteiger partial charge < -0.3 is 19.1 Å². The average molecular weight is 448 g/mol. The Hall–Kier alpha value is -3.38. The van der Waals surface area contributed by atoms with E-state index in [0.29, 0.717) is 24.9 Å². The molecule has 172 valence electrons. The Balaban J connectivity index is 1.84. The molecular weight excluding hydrogens is 418 g/mol. The van der Waals surface area contributed by atoms with Crippen molar-refractivity contribution in [1.29, 1.82) is 0 Å². The number of cyclic esters (lactones) is 1. The van der Waals surface area contributed by atoms with Gasteiger partial charge in [0, 0.05) is 30.6 Å². The van der Waals surface area contributed by atoms with Crippen LogP contribution in [0.2, 0.25) is 0 Å². The van der Waals surface area contributed by atoms with Crippen molar-refractivity contribution in [1.82, 2.24) is 4.57 Å². The maximum atomic E-state index is 13.1. The molecule has 1 aliphatic heterocycles. The summed E-state index contributed by atoms with van der Waals surface area (Å²) in [6.45, 7) is 4.54. The zero-order valence-corrected chi connectivity index (χ0v) is 19.0. The molecular formula is C27H29NO5. The van der Waals surface area contributed by atoms with E-state index in [9.17, 15) is 14.7 Å². The predicted octanol–water partition coefficient (Wildman–Crippen LogP) is 4.76. The lowest BCUT2D eigenvalue weighted by atomic mass is 9.97. The molecule has 0 saturated carbocycles. The molecule has 2 heterocycles. The molecule has 0 aliphatic carbocycles. The zero-order chi connectivity index (χ0) is 23.4. The molecule has 6 heteroatoms. The van der Waals surface area contributed by atoms with E-state index < -0.39 is 6.10 Å². The molecule has 1 aromatic heterocycles. The molecule has 0 unspecified atom stereocenters. The fourth-order valence-electron chi connectivity index (χ4n) is 4.56. The third-order valence-corrected chi connectivity index (χ3v) is 6.02. The van der Waals surface area contributed by atoms with Crippen molar-refractivity contribution in [2.75, 3.05) is 6.61 Å². The van der Waals surface area contributed by atoms with Gasteiger partial charge in [0.05, 0.1) is 30.4 Å². The highest BCUT2D eigenvalue weighted by atomic mass is 16.5. The number of aliphatic hydroxyl groups excluding tert-OH is 1. The number of benzene rings is 2. The average Bonchev–Trinajstić information content (AvgIpc) is 3.10. The summed E-state index contributed by atoms with van der Waals surface area (Å²) in [4.78, 5) is 24.9. The smallest absolute Gasteiger partial charge is 0.340 e. The summed E-state index contributed by atoms with van der Waals surface area (Å²) >= 11 is 0. The Morgan fingerprint density at radius 3 is 2.33 bits per heavy atom. The van der Waals surface area contributed by atoms with Crippen LogP contribution in [-0.4, -0.2) is 40.4 Å². The lowest BCUT2D eigenvalue weighted by Crippen LogP contribution is -2.33. The number of hydrogen-bond donors (Lipinski definition) is 1. The van der Waals surface area contributed by atoms with Crippen LogP contribution in [0.1, 0.15) is 42.2 Å². The van der Waals surface area contributed by atoms with E-state index in [4.69, 9.17) is 9.47 Å². The van der Waals surface area contributed by atoms with Gasteiger partial charge in [0.1, 0.15) is 6.10 Å². The second-order valence-corrected chi connectivity index (χ2v) is 8.28. The summed E-state index contributed by atoms with van der Waals surface area (Å²) in [5.41, 5.74) is 5.01. The second-order valence-electron chi connectivity index (χ2n) is 8.28. The van der Waals surface area contributed by atoms with Crippen molar-refractivity contribution in [3.05, 3.63) is 71.9 Å². The van der Waals surface area contributed by atoms with Gasteiger partial charge in [-0.15, -0.1) is 0 Å². The molecule has 0 amide bonds. The quantitative estimate of drug-likeness (QED) is 0.528. The number of ether oxygens (including phenoxy) is 2. The van der Waals surface area contributed by atoms with Crippen LogP contribution in [0.4, 0.5) is 0 Å². The monoisotopic (exact) mass is 447 g/mol. The van der Waals surface area contributed by atoms with Crippen molar-refractivity contribution < 1.29 is 24.2 Å². The molecule has 2 atom stereocenters. The van der Waals surface area contributed by atoms with Gasteiger partial charge in [0.25, 0.3) is 0 Å². The Bertz CT molecular complexity index is 1120. The van der Waals surface area contributed by atoms with E-state index in [1.807, 2.05) is 67.6 Å². The first kappa shape index (κ1) is 22.8. The Morgan fingerprint density at radius 1 is 1.09 bits per heavy atom. The third-order valence-electron chi connectivity index (χ3n) is 6.02. The number of carbonyl (C=O) groups excluding carboxylic acids is 2. The molecule has 3 aromatic rings. The van der Waals surface area contributed by atoms with Crippen LogP contribution >= 0.6 is 0 Å². The minimum atomic E-state index is -0.675. The third kappa shape index (κ3) is 4.86. The minimum Gasteiger partial charge on any atom is -0.462 e. The first-order valence-electron chi connectivity index (χ1n) is 11.4. The van der Waals surface area contributed by atoms with E-state index in [2.05, 4.69) is 4.57 Å². The SMILES string of the molecule is CCOC(=O)c1c(-c2ccccc2)c(-c2ccccc2)n(CC[C@@H]2C[C@@H](O)CC(=O)O2)c1C. The number of aliphatic hydroxyl groups is 1. The van der Waals surface area contributed by atoms with Crippen molar-refractivity contribution in [3.63, 3.8) is 0 Å². The Morgan fingerprint density at radius 2 is 1.73 bits per heavy atom. The zero-order valence-electron chi connectivity index (χ0n) is 19.0. The summed E-state index contributed by atoms with van der Waals surface area (Å²) in [5, 5.41) is 9.99. The van der Waals surface area contributed by atoms with Crippen LogP contribution in [0.15, 0.2) is 60.7 Å². The maximum absolute atomic E-state index is 13.1. The van der Waals surface area contributed by atoms with Gasteiger partial charge in [-0.05, 0) is 25.0 Å². The van der Waals surface area contributed by atoms with Crippen LogP contribution in [-0.2, 0) is 20.8 Å². The van der Waals surface area contributed by atoms with Crippen LogP contribution in [0, 0.1) is 6.92 Å². The lowest BCUT2D eigenvalue weighted by Gasteiger charge is -2.26. The van der Waals surface area contributed by atoms with Crippen LogP contribution < -0.4 is 0 Å². The number of carbonyl (C=O) groups is 2. The topological polar surface area (TPSA) is 77.8 Å². The van der Waals surface area contributed by atoms with Gasteiger partial charge in [0.2, 0.25) is 0 Å². The highest BCUT2D eigenvalue weighted by molar-refractivity contribution is 6.03. The van der Waals surface area contributed by atoms with E-state index in [-0.39, 0.29) is 31.1 Å². The standard InChI is InChI=1S/C27H29NO5/c1-3-32-27(31)24-18(2)28(15-14-22-16-21(29)17-23(30)33-22)26(20-12-8-5-9-13-20)25(24)19-10-6-4-7-11-19/h4-13,21-22,29H,3,14-17H2,1-2H3/t21-,22-/m1/s1. The molecule has 33 heavy (non-hydrogen) atoms. The maximum Gasteiger partial charge on any atom is 0.340 e. The largest absolute Gasteiger partial charge is 0.462 e. The summed E-state index contributed by atoms with van der Waals surface area (Å²) in [6, 6.07) is 19.8. The predicted molar refractivity (Wildman–Crippen MR) is 126 cm³/mol. The fourth-order valence-corrected chi connectivity index (χ4v) is 4.56. The van der Waals surface area contributed by atoms with Crippen LogP contribution in [0.5, 0.6) is 0 Å². The molecule has 4 rings (SSSR count). The number of esters is 2. The highest BCUT2D eigenvalue weighted by Crippen LogP contribution is 2.40. The highest BCUT2D eigenvalue weighted by Gasteiger charge is 2.30. The second kappa shape index (κ2) is 10.0. The molecule has 6 nitrogen and oxygen atoms in total. The van der Waals surface area contributed by atoms with Crippen LogP contribution in [0.25, 0.3) is 22.4 Å². The van der Waals surface area contributed by atoms with Gasteiger partial charge in [0.15, 0.2) is 0 Å². The number of hydrogen-bond acceptors (Lipinski definition) is 5. The number of aromatic nitrogens is 1. The van der Waals surface area contributed by atoms with Crippen molar-refractivity contribution in [2.45, 2.75) is 51.9 Å². The summed E-state index contributed by atoms with van der Waals surface area (Å²) in [5.74, 6) is -0.729. The molecule has 0 bridgehead atoms. The van der Waals surface area contributed by atoms with E-state index >= 15 is 0 Å². The Labute approximate surface area is 193 Å². The summed E-state index contributed by atoms with van der Waals surface area (Å²) in [6.07, 6.45) is -0.0413. The molecule has 0 spiro atoms. The number of nitrogens with zero attached hydrogens (tertiary/aromatic N) is 1. The van der Waals surface area contributed by atoms with Gasteiger partial charge in [-0.1, -0.05) is 60.7 Å². The summed E-state index contributed by atoms with van der Waals surface area (Å²) < 4.78 is 13.0. The molecule has 1 saturated heterocycles. The van der Waals surface area contributed by atoms with Gasteiger partial charge in [-0.25, -0.2) is 4.79 Å². The first-order chi connectivity index (χ1) is 16.0. The van der Waals surface area contributed by atoms with Crippen molar-refractivity contribution in [3.8, 4) is 22.4 Å². The molecule has 1 fully saturated rings. The molecule has 1 N–H and O–H groups in total. The molecule has 2 aromatic carbocycles. The summed E-state index contributed by atoms with van der Waals surface area (Å²) in [7, 11) is 0. The Kier molecular flexibility index (Phi) is 6.94. The molecule has 0 radical (unpaired) electrons. The fraction of sp³-hybridized carbons (Fsp3) is 0.333. The minimum absolute atomic E-state index is 0.0411. The normalized spacial score (nSPS) is 18.1. The van der Waals surface area contributed by atoms with E-state index in [0.717, 1.165) is 28.1 Å². The van der Waals surface area contributed by atoms with Gasteiger partial charge in [-0.3, -0.25) is 4.79 Å². The van der Waals surface area contributed by atoms with Gasteiger partial charge in [-0.2, -0.15) is 0 Å². The lowest BCUT2D eigenvalue weighted by molar-refractivity contribution is -0.160. The number of rotatable bonds is 7. The van der Waals surface area contributed by atoms with E-state index in [1.54, 1.807) is 6.92 Å².